The Morgan fingerprint density at radius 3 is 2.77 bits per heavy atom. The Hall–Kier alpha value is -3.11. The minimum Gasteiger partial charge on any atom is -0.490 e. The highest BCUT2D eigenvalue weighted by Gasteiger charge is 2.25. The monoisotopic (exact) mass is 503 g/mol. The van der Waals surface area contributed by atoms with Gasteiger partial charge in [-0.25, -0.2) is 8.78 Å². The molecular weight excluding hydrogens is 472 g/mol. The number of ether oxygens (including phenoxy) is 1. The van der Waals surface area contributed by atoms with Crippen LogP contribution in [0.5, 0.6) is 5.75 Å². The van der Waals surface area contributed by atoms with Crippen molar-refractivity contribution >= 4 is 28.8 Å². The summed E-state index contributed by atoms with van der Waals surface area (Å²) in [6, 6.07) is 3.80. The first-order chi connectivity index (χ1) is 16.5. The molecule has 10 heteroatoms. The molecule has 3 N–H and O–H groups in total. The number of pyridine rings is 1. The zero-order chi connectivity index (χ0) is 25.8. The molecule has 0 aliphatic carbocycles. The molecule has 1 aliphatic heterocycles. The van der Waals surface area contributed by atoms with E-state index in [0.717, 1.165) is 17.7 Å². The second kappa shape index (κ2) is 11.1. The zero-order valence-corrected chi connectivity index (χ0v) is 21.4. The van der Waals surface area contributed by atoms with Crippen molar-refractivity contribution in [2.75, 3.05) is 32.6 Å². The summed E-state index contributed by atoms with van der Waals surface area (Å²) in [5, 5.41) is 8.91. The number of rotatable bonds is 9. The summed E-state index contributed by atoms with van der Waals surface area (Å²) in [6.45, 7) is 6.96. The van der Waals surface area contributed by atoms with Gasteiger partial charge in [0.15, 0.2) is 0 Å². The fourth-order valence-corrected chi connectivity index (χ4v) is 3.62. The lowest BCUT2D eigenvalue weighted by molar-refractivity contribution is -0.117. The number of aromatic nitrogens is 1. The number of nitrogens with one attached hydrogen (secondary N) is 3. The first-order valence-corrected chi connectivity index (χ1v) is 11.7. The van der Waals surface area contributed by atoms with E-state index in [4.69, 9.17) is 17.0 Å². The van der Waals surface area contributed by atoms with Crippen molar-refractivity contribution in [1.82, 2.24) is 20.5 Å². The lowest BCUT2D eigenvalue weighted by atomic mass is 10.1. The summed E-state index contributed by atoms with van der Waals surface area (Å²) in [5.41, 5.74) is 1.95. The van der Waals surface area contributed by atoms with E-state index in [1.165, 1.54) is 6.92 Å². The van der Waals surface area contributed by atoms with Gasteiger partial charge in [0.1, 0.15) is 29.0 Å². The van der Waals surface area contributed by atoms with Gasteiger partial charge in [-0.2, -0.15) is 0 Å². The van der Waals surface area contributed by atoms with Crippen LogP contribution in [-0.4, -0.2) is 53.6 Å². The van der Waals surface area contributed by atoms with Gasteiger partial charge in [-0.15, -0.1) is 0 Å². The Bertz CT molecular complexity index is 1150. The predicted molar refractivity (Wildman–Crippen MR) is 136 cm³/mol. The number of carbonyl (C=O) groups is 1. The van der Waals surface area contributed by atoms with Gasteiger partial charge >= 0.3 is 0 Å². The van der Waals surface area contributed by atoms with Gasteiger partial charge in [0.05, 0.1) is 11.8 Å². The quantitative estimate of drug-likeness (QED) is 0.451. The van der Waals surface area contributed by atoms with Crippen LogP contribution < -0.4 is 20.7 Å². The lowest BCUT2D eigenvalue weighted by Crippen LogP contribution is -2.43. The first kappa shape index (κ1) is 26.5. The molecule has 2 aromatic rings. The van der Waals surface area contributed by atoms with E-state index in [9.17, 15) is 13.6 Å². The number of amides is 1. The highest BCUT2D eigenvalue weighted by Crippen LogP contribution is 2.24. The molecule has 0 bridgehead atoms. The largest absolute Gasteiger partial charge is 0.490 e. The smallest absolute Gasteiger partial charge is 0.256 e. The number of thiocarbonyl (C=S) groups is 1. The second-order valence-corrected chi connectivity index (χ2v) is 9.61. The minimum atomic E-state index is -0.735. The number of hydrogen-bond donors (Lipinski definition) is 3. The zero-order valence-electron chi connectivity index (χ0n) is 20.6. The van der Waals surface area contributed by atoms with Crippen molar-refractivity contribution in [3.8, 4) is 5.75 Å². The number of nitrogens with zero attached hydrogens (tertiary/aromatic N) is 2. The van der Waals surface area contributed by atoms with Crippen molar-refractivity contribution in [3.05, 3.63) is 64.6 Å². The second-order valence-electron chi connectivity index (χ2n) is 9.21. The fourth-order valence-electron chi connectivity index (χ4n) is 3.30. The molecule has 2 heterocycles. The van der Waals surface area contributed by atoms with Crippen molar-refractivity contribution in [3.63, 3.8) is 0 Å². The van der Waals surface area contributed by atoms with E-state index >= 15 is 0 Å². The number of hydrogen-bond acceptors (Lipinski definition) is 6. The third-order valence-corrected chi connectivity index (χ3v) is 6.43. The van der Waals surface area contributed by atoms with E-state index in [1.807, 2.05) is 20.2 Å². The van der Waals surface area contributed by atoms with Crippen molar-refractivity contribution in [2.24, 2.45) is 0 Å². The van der Waals surface area contributed by atoms with Crippen LogP contribution in [-0.2, 0) is 11.3 Å². The molecule has 0 radical (unpaired) electrons. The molecule has 0 saturated heterocycles. The highest BCUT2D eigenvalue weighted by atomic mass is 32.1. The molecule has 188 valence electrons. The van der Waals surface area contributed by atoms with E-state index in [-0.39, 0.29) is 33.3 Å². The maximum atomic E-state index is 14.0. The van der Waals surface area contributed by atoms with Gasteiger partial charge in [-0.3, -0.25) is 9.78 Å². The van der Waals surface area contributed by atoms with Crippen LogP contribution in [0.3, 0.4) is 0 Å². The average molecular weight is 504 g/mol. The van der Waals surface area contributed by atoms with Crippen LogP contribution in [0.15, 0.2) is 41.9 Å². The van der Waals surface area contributed by atoms with Gasteiger partial charge in [-0.1, -0.05) is 12.2 Å². The van der Waals surface area contributed by atoms with Crippen LogP contribution >= 0.6 is 12.2 Å². The first-order valence-electron chi connectivity index (χ1n) is 11.2. The van der Waals surface area contributed by atoms with Crippen LogP contribution in [0.4, 0.5) is 14.5 Å². The fraction of sp³-hybridized carbons (Fsp3) is 0.400. The Kier molecular flexibility index (Phi) is 8.39. The van der Waals surface area contributed by atoms with E-state index in [0.29, 0.717) is 37.6 Å². The van der Waals surface area contributed by atoms with Gasteiger partial charge in [0.2, 0.25) is 0 Å². The average Bonchev–Trinajstić information content (AvgIpc) is 2.79. The molecule has 0 unspecified atom stereocenters. The van der Waals surface area contributed by atoms with Crippen LogP contribution in [0.25, 0.3) is 0 Å². The molecule has 35 heavy (non-hydrogen) atoms. The summed E-state index contributed by atoms with van der Waals surface area (Å²) in [4.78, 5) is 19.0. The molecule has 0 atom stereocenters. The molecule has 0 saturated carbocycles. The Morgan fingerprint density at radius 2 is 2.06 bits per heavy atom. The number of likely N-dealkylation sites (N-methyl/N-ethyl adjacent to an activating group) is 1. The summed E-state index contributed by atoms with van der Waals surface area (Å²) < 4.78 is 33.8. The summed E-state index contributed by atoms with van der Waals surface area (Å²) in [7, 11) is 3.99. The van der Waals surface area contributed by atoms with E-state index in [2.05, 4.69) is 39.7 Å². The molecule has 3 rings (SSSR count). The number of anilines is 1. The van der Waals surface area contributed by atoms with Gasteiger partial charge in [0.25, 0.3) is 5.91 Å². The van der Waals surface area contributed by atoms with Gasteiger partial charge in [0, 0.05) is 59.8 Å². The molecule has 7 nitrogen and oxygen atoms in total. The highest BCUT2D eigenvalue weighted by molar-refractivity contribution is 7.81. The lowest BCUT2D eigenvalue weighted by Gasteiger charge is -2.32. The Balaban J connectivity index is 1.80. The van der Waals surface area contributed by atoms with Crippen molar-refractivity contribution in [1.29, 1.82) is 0 Å². The van der Waals surface area contributed by atoms with Gasteiger partial charge < -0.3 is 25.6 Å². The van der Waals surface area contributed by atoms with Crippen LogP contribution in [0, 0.1) is 18.6 Å². The van der Waals surface area contributed by atoms with E-state index in [1.54, 1.807) is 12.4 Å². The SMILES string of the molecule is Cc1c(F)cc(F)cc1NC(=S)C1=C(NCc2ccncc2OCC(C)(C)N(C)C)CCNC1=O. The summed E-state index contributed by atoms with van der Waals surface area (Å²) in [5.74, 6) is -1.14. The number of halogens is 2. The molecule has 0 spiro atoms. The topological polar surface area (TPSA) is 78.5 Å². The summed E-state index contributed by atoms with van der Waals surface area (Å²) in [6.07, 6.45) is 3.87. The third-order valence-electron chi connectivity index (χ3n) is 6.13. The van der Waals surface area contributed by atoms with E-state index < -0.39 is 11.6 Å². The maximum Gasteiger partial charge on any atom is 0.256 e. The molecular formula is C25H31F2N5O2S. The number of carbonyl (C=O) groups excluding carboxylic acids is 1. The molecule has 1 amide bonds. The standard InChI is InChI=1S/C25H31F2N5O2S/c1-15-18(27)10-17(26)11-20(15)31-24(35)22-19(7-9-29-23(22)33)30-12-16-6-8-28-13-21(16)34-14-25(2,3)32(4)5/h6,8,10-11,13,30H,7,9,12,14H2,1-5H3,(H,29,33)(H,31,35). The number of benzene rings is 1. The minimum absolute atomic E-state index is 0.0803. The van der Waals surface area contributed by atoms with Crippen molar-refractivity contribution in [2.45, 2.75) is 39.3 Å². The molecule has 1 aliphatic rings. The van der Waals surface area contributed by atoms with Crippen LogP contribution in [0.2, 0.25) is 0 Å². The molecule has 1 aromatic carbocycles. The Labute approximate surface area is 209 Å². The predicted octanol–water partition coefficient (Wildman–Crippen LogP) is 3.69. The van der Waals surface area contributed by atoms with Crippen LogP contribution in [0.1, 0.15) is 31.4 Å². The molecule has 0 fully saturated rings. The van der Waals surface area contributed by atoms with Crippen molar-refractivity contribution < 1.29 is 18.3 Å². The Morgan fingerprint density at radius 1 is 1.31 bits per heavy atom. The summed E-state index contributed by atoms with van der Waals surface area (Å²) >= 11 is 5.47. The normalized spacial score (nSPS) is 14.1. The maximum absolute atomic E-state index is 14.0. The third kappa shape index (κ3) is 6.52. The molecule has 1 aromatic heterocycles. The van der Waals surface area contributed by atoms with Gasteiger partial charge in [-0.05, 0) is 47.0 Å².